The molecule has 1 aliphatic heterocycles. The van der Waals surface area contributed by atoms with E-state index in [9.17, 15) is 0 Å². The zero-order valence-corrected chi connectivity index (χ0v) is 13.0. The number of aliphatic hydroxyl groups is 1. The standard InChI is InChI=1S/C13H23N5OS/c1-3-14-11-10-12(16-13(15-11)20-2)18-6-4-17(5-7-18)8-9-19/h10,19H,3-9H2,1-2H3,(H,14,15,16). The minimum absolute atomic E-state index is 0.231. The zero-order valence-electron chi connectivity index (χ0n) is 12.2. The highest BCUT2D eigenvalue weighted by Gasteiger charge is 2.18. The topological polar surface area (TPSA) is 64.5 Å². The summed E-state index contributed by atoms with van der Waals surface area (Å²) in [5.41, 5.74) is 0. The second kappa shape index (κ2) is 7.66. The van der Waals surface area contributed by atoms with Crippen LogP contribution in [-0.4, -0.2) is 72.1 Å². The molecule has 2 N–H and O–H groups in total. The molecular weight excluding hydrogens is 274 g/mol. The number of rotatable bonds is 6. The molecule has 6 nitrogen and oxygen atoms in total. The van der Waals surface area contributed by atoms with Gasteiger partial charge in [0.25, 0.3) is 0 Å². The monoisotopic (exact) mass is 297 g/mol. The van der Waals surface area contributed by atoms with Crippen LogP contribution in [0.15, 0.2) is 11.2 Å². The average Bonchev–Trinajstić information content (AvgIpc) is 2.48. The zero-order chi connectivity index (χ0) is 14.4. The number of thioether (sulfide) groups is 1. The van der Waals surface area contributed by atoms with Crippen molar-refractivity contribution in [3.63, 3.8) is 0 Å². The van der Waals surface area contributed by atoms with E-state index in [1.54, 1.807) is 11.8 Å². The fourth-order valence-electron chi connectivity index (χ4n) is 2.28. The van der Waals surface area contributed by atoms with Crippen LogP contribution in [0.25, 0.3) is 0 Å². The molecule has 1 aliphatic rings. The molecule has 1 fully saturated rings. The Morgan fingerprint density at radius 3 is 2.65 bits per heavy atom. The van der Waals surface area contributed by atoms with Crippen LogP contribution in [0.5, 0.6) is 0 Å². The van der Waals surface area contributed by atoms with E-state index < -0.39 is 0 Å². The predicted octanol–water partition coefficient (Wildman–Crippen LogP) is 0.745. The Labute approximate surface area is 124 Å². The number of hydrogen-bond acceptors (Lipinski definition) is 7. The molecule has 7 heteroatoms. The van der Waals surface area contributed by atoms with Gasteiger partial charge in [0.1, 0.15) is 11.6 Å². The number of β-amino-alcohol motifs (C(OH)–C–C–N with tert-alkyl or cyclic N) is 1. The second-order valence-electron chi connectivity index (χ2n) is 4.68. The number of hydrogen-bond donors (Lipinski definition) is 2. The average molecular weight is 297 g/mol. The summed E-state index contributed by atoms with van der Waals surface area (Å²) in [6, 6.07) is 2.02. The normalized spacial score (nSPS) is 16.4. The summed E-state index contributed by atoms with van der Waals surface area (Å²) in [6.45, 7) is 7.73. The molecule has 0 radical (unpaired) electrons. The van der Waals surface area contributed by atoms with Crippen LogP contribution in [-0.2, 0) is 0 Å². The first kappa shape index (κ1) is 15.3. The van der Waals surface area contributed by atoms with Gasteiger partial charge in [0.05, 0.1) is 6.61 Å². The van der Waals surface area contributed by atoms with Crippen molar-refractivity contribution in [1.82, 2.24) is 14.9 Å². The lowest BCUT2D eigenvalue weighted by Gasteiger charge is -2.35. The maximum Gasteiger partial charge on any atom is 0.191 e. The number of nitrogens with zero attached hydrogens (tertiary/aromatic N) is 4. The first-order valence-electron chi connectivity index (χ1n) is 7.02. The SMILES string of the molecule is CCNc1cc(N2CCN(CCO)CC2)nc(SC)n1. The molecular formula is C13H23N5OS. The third-order valence-electron chi connectivity index (χ3n) is 3.35. The van der Waals surface area contributed by atoms with Crippen LogP contribution in [0, 0.1) is 0 Å². The summed E-state index contributed by atoms with van der Waals surface area (Å²) in [7, 11) is 0. The van der Waals surface area contributed by atoms with Gasteiger partial charge in [0, 0.05) is 45.3 Å². The Hall–Kier alpha value is -1.05. The molecule has 0 unspecified atom stereocenters. The lowest BCUT2D eigenvalue weighted by Crippen LogP contribution is -2.47. The minimum atomic E-state index is 0.231. The molecule has 0 atom stereocenters. The van der Waals surface area contributed by atoms with Crippen molar-refractivity contribution in [2.45, 2.75) is 12.1 Å². The minimum Gasteiger partial charge on any atom is -0.395 e. The Morgan fingerprint density at radius 1 is 1.30 bits per heavy atom. The van der Waals surface area contributed by atoms with E-state index in [0.29, 0.717) is 0 Å². The van der Waals surface area contributed by atoms with Crippen molar-refractivity contribution in [2.24, 2.45) is 0 Å². The smallest absolute Gasteiger partial charge is 0.191 e. The molecule has 0 amide bonds. The van der Waals surface area contributed by atoms with Crippen molar-refractivity contribution in [3.05, 3.63) is 6.07 Å². The van der Waals surface area contributed by atoms with Crippen molar-refractivity contribution in [3.8, 4) is 0 Å². The van der Waals surface area contributed by atoms with Gasteiger partial charge < -0.3 is 15.3 Å². The van der Waals surface area contributed by atoms with E-state index in [-0.39, 0.29) is 6.61 Å². The third-order valence-corrected chi connectivity index (χ3v) is 3.89. The van der Waals surface area contributed by atoms with E-state index in [1.165, 1.54) is 0 Å². The Balaban J connectivity index is 2.06. The molecule has 0 aromatic carbocycles. The summed E-state index contributed by atoms with van der Waals surface area (Å²) in [5.74, 6) is 1.88. The van der Waals surface area contributed by atoms with Crippen molar-refractivity contribution >= 4 is 23.4 Å². The molecule has 20 heavy (non-hydrogen) atoms. The highest BCUT2D eigenvalue weighted by atomic mass is 32.2. The predicted molar refractivity (Wildman–Crippen MR) is 83.7 cm³/mol. The quantitative estimate of drug-likeness (QED) is 0.593. The number of aliphatic hydroxyl groups excluding tert-OH is 1. The number of anilines is 2. The first-order chi connectivity index (χ1) is 9.76. The molecule has 1 aromatic heterocycles. The molecule has 2 heterocycles. The van der Waals surface area contributed by atoms with Gasteiger partial charge in [-0.3, -0.25) is 4.90 Å². The van der Waals surface area contributed by atoms with Crippen LogP contribution in [0.3, 0.4) is 0 Å². The molecule has 0 bridgehead atoms. The fourth-order valence-corrected chi connectivity index (χ4v) is 2.65. The van der Waals surface area contributed by atoms with Crippen molar-refractivity contribution < 1.29 is 5.11 Å². The molecule has 1 aromatic rings. The largest absolute Gasteiger partial charge is 0.395 e. The van der Waals surface area contributed by atoms with Gasteiger partial charge in [-0.2, -0.15) is 0 Å². The van der Waals surface area contributed by atoms with E-state index >= 15 is 0 Å². The number of aromatic nitrogens is 2. The van der Waals surface area contributed by atoms with Gasteiger partial charge in [-0.25, -0.2) is 9.97 Å². The first-order valence-corrected chi connectivity index (χ1v) is 8.24. The van der Waals surface area contributed by atoms with Gasteiger partial charge in [0.15, 0.2) is 5.16 Å². The van der Waals surface area contributed by atoms with Crippen LogP contribution in [0.4, 0.5) is 11.6 Å². The molecule has 0 saturated carbocycles. The Kier molecular flexibility index (Phi) is 5.87. The molecule has 112 valence electrons. The number of nitrogens with one attached hydrogen (secondary N) is 1. The summed E-state index contributed by atoms with van der Waals surface area (Å²) >= 11 is 1.56. The Morgan fingerprint density at radius 2 is 2.05 bits per heavy atom. The summed E-state index contributed by atoms with van der Waals surface area (Å²) in [6.07, 6.45) is 1.99. The summed E-state index contributed by atoms with van der Waals surface area (Å²) in [5, 5.41) is 13.0. The Bertz CT molecular complexity index is 423. The number of piperazine rings is 1. The maximum absolute atomic E-state index is 8.98. The van der Waals surface area contributed by atoms with Crippen molar-refractivity contribution in [2.75, 3.05) is 62.3 Å². The van der Waals surface area contributed by atoms with Gasteiger partial charge >= 0.3 is 0 Å². The van der Waals surface area contributed by atoms with Crippen LogP contribution in [0.1, 0.15) is 6.92 Å². The van der Waals surface area contributed by atoms with Crippen LogP contribution in [0.2, 0.25) is 0 Å². The van der Waals surface area contributed by atoms with E-state index in [1.807, 2.05) is 12.3 Å². The summed E-state index contributed by atoms with van der Waals surface area (Å²) < 4.78 is 0. The maximum atomic E-state index is 8.98. The fraction of sp³-hybridized carbons (Fsp3) is 0.692. The van der Waals surface area contributed by atoms with E-state index in [2.05, 4.69) is 32.0 Å². The lowest BCUT2D eigenvalue weighted by atomic mass is 10.3. The van der Waals surface area contributed by atoms with Gasteiger partial charge in [-0.05, 0) is 13.2 Å². The molecule has 0 spiro atoms. The highest BCUT2D eigenvalue weighted by molar-refractivity contribution is 7.98. The van der Waals surface area contributed by atoms with Crippen molar-refractivity contribution in [1.29, 1.82) is 0 Å². The molecule has 0 aliphatic carbocycles. The van der Waals surface area contributed by atoms with Crippen LogP contribution < -0.4 is 10.2 Å². The highest BCUT2D eigenvalue weighted by Crippen LogP contribution is 2.21. The molecule has 1 saturated heterocycles. The van der Waals surface area contributed by atoms with Gasteiger partial charge in [0.2, 0.25) is 0 Å². The van der Waals surface area contributed by atoms with Crippen LogP contribution >= 0.6 is 11.8 Å². The van der Waals surface area contributed by atoms with Gasteiger partial charge in [-0.1, -0.05) is 11.8 Å². The molecule has 2 rings (SSSR count). The van der Waals surface area contributed by atoms with E-state index in [4.69, 9.17) is 5.11 Å². The summed E-state index contributed by atoms with van der Waals surface area (Å²) in [4.78, 5) is 13.6. The third kappa shape index (κ3) is 3.97. The van der Waals surface area contributed by atoms with Gasteiger partial charge in [-0.15, -0.1) is 0 Å². The lowest BCUT2D eigenvalue weighted by molar-refractivity contribution is 0.188. The second-order valence-corrected chi connectivity index (χ2v) is 5.45. The van der Waals surface area contributed by atoms with E-state index in [0.717, 1.165) is 56.1 Å².